The van der Waals surface area contributed by atoms with Gasteiger partial charge in [0.15, 0.2) is 0 Å². The number of hydrogen-bond donors (Lipinski definition) is 0. The number of ether oxygens (including phenoxy) is 1. The first-order valence-electron chi connectivity index (χ1n) is 22.9. The average molecular weight is 1080 g/mol. The van der Waals surface area contributed by atoms with Gasteiger partial charge in [-0.3, -0.25) is 0 Å². The maximum absolute atomic E-state index is 6.72. The molecular formula is C61H45N4OPtS-3. The van der Waals surface area contributed by atoms with Gasteiger partial charge in [0.1, 0.15) is 5.82 Å². The molecule has 0 radical (unpaired) electrons. The summed E-state index contributed by atoms with van der Waals surface area (Å²) in [7, 11) is 0. The third kappa shape index (κ3) is 6.49. The van der Waals surface area contributed by atoms with Crippen LogP contribution in [0.25, 0.3) is 70.0 Å². The second-order valence-electron chi connectivity index (χ2n) is 19.3. The van der Waals surface area contributed by atoms with E-state index in [9.17, 15) is 0 Å². The van der Waals surface area contributed by atoms with E-state index < -0.39 is 0 Å². The number of para-hydroxylation sites is 3. The molecule has 7 heteroatoms. The van der Waals surface area contributed by atoms with Crippen molar-refractivity contribution >= 4 is 76.1 Å². The fourth-order valence-electron chi connectivity index (χ4n) is 10.6. The molecule has 0 spiro atoms. The van der Waals surface area contributed by atoms with Crippen molar-refractivity contribution in [2.75, 3.05) is 9.80 Å². The molecule has 0 saturated carbocycles. The molecule has 0 unspecified atom stereocenters. The first-order valence-corrected chi connectivity index (χ1v) is 23.8. The van der Waals surface area contributed by atoms with Crippen LogP contribution in [0.15, 0.2) is 176 Å². The van der Waals surface area contributed by atoms with Crippen LogP contribution in [0.1, 0.15) is 51.3 Å². The van der Waals surface area contributed by atoms with E-state index in [1.165, 1.54) is 64.8 Å². The summed E-state index contributed by atoms with van der Waals surface area (Å²) in [6.45, 7) is 13.7. The van der Waals surface area contributed by atoms with E-state index in [0.717, 1.165) is 44.7 Å². The monoisotopic (exact) mass is 1080 g/mol. The number of nitrogens with zero attached hydrogens (tertiary/aromatic N) is 4. The summed E-state index contributed by atoms with van der Waals surface area (Å²) in [5.41, 5.74) is 14.8. The van der Waals surface area contributed by atoms with Gasteiger partial charge >= 0.3 is 0 Å². The van der Waals surface area contributed by atoms with Crippen molar-refractivity contribution in [1.82, 2.24) is 9.55 Å². The third-order valence-electron chi connectivity index (χ3n) is 13.9. The molecule has 0 fully saturated rings. The Labute approximate surface area is 415 Å². The van der Waals surface area contributed by atoms with Crippen LogP contribution >= 0.6 is 11.3 Å². The third-order valence-corrected chi connectivity index (χ3v) is 15.1. The quantitative estimate of drug-likeness (QED) is 0.155. The van der Waals surface area contributed by atoms with Crippen LogP contribution < -0.4 is 14.5 Å². The summed E-state index contributed by atoms with van der Waals surface area (Å²) in [6.07, 6.45) is 1.91. The molecule has 334 valence electrons. The normalized spacial score (nSPS) is 13.8. The first-order chi connectivity index (χ1) is 32.6. The minimum Gasteiger partial charge on any atom is -0.509 e. The van der Waals surface area contributed by atoms with Crippen LogP contribution in [0.4, 0.5) is 22.7 Å². The van der Waals surface area contributed by atoms with Crippen molar-refractivity contribution in [2.45, 2.75) is 45.4 Å². The molecular weight excluding hydrogens is 1030 g/mol. The van der Waals surface area contributed by atoms with E-state index >= 15 is 0 Å². The summed E-state index contributed by atoms with van der Waals surface area (Å²) >= 11 is 1.88. The van der Waals surface area contributed by atoms with Gasteiger partial charge in [-0.15, -0.1) is 59.4 Å². The summed E-state index contributed by atoms with van der Waals surface area (Å²) in [6, 6.07) is 68.3. The molecule has 8 aromatic carbocycles. The number of rotatable bonds is 6. The van der Waals surface area contributed by atoms with Crippen molar-refractivity contribution in [2.24, 2.45) is 0 Å². The first kappa shape index (κ1) is 42.4. The Morgan fingerprint density at radius 1 is 0.603 bits per heavy atom. The molecule has 11 aromatic rings. The van der Waals surface area contributed by atoms with Crippen LogP contribution in [0.2, 0.25) is 0 Å². The van der Waals surface area contributed by atoms with Crippen LogP contribution in [0.3, 0.4) is 0 Å². The molecule has 0 bridgehead atoms. The Morgan fingerprint density at radius 2 is 1.31 bits per heavy atom. The van der Waals surface area contributed by atoms with E-state index in [1.54, 1.807) is 0 Å². The molecule has 5 nitrogen and oxygen atoms in total. The molecule has 0 N–H and O–H groups in total. The second-order valence-corrected chi connectivity index (χ2v) is 20.3. The molecule has 2 aliphatic rings. The minimum absolute atomic E-state index is 0. The fraction of sp³-hybridized carbons (Fsp3) is 0.115. The van der Waals surface area contributed by atoms with Gasteiger partial charge in [0.2, 0.25) is 0 Å². The number of anilines is 4. The largest absolute Gasteiger partial charge is 0.509 e. The van der Waals surface area contributed by atoms with Gasteiger partial charge < -0.3 is 19.1 Å². The molecule has 68 heavy (non-hydrogen) atoms. The van der Waals surface area contributed by atoms with Crippen molar-refractivity contribution in [3.8, 4) is 39.6 Å². The minimum atomic E-state index is -0.178. The van der Waals surface area contributed by atoms with Crippen LogP contribution in [-0.2, 0) is 31.9 Å². The van der Waals surface area contributed by atoms with Gasteiger partial charge in [0, 0.05) is 104 Å². The smallest absolute Gasteiger partial charge is 0.135 e. The maximum Gasteiger partial charge on any atom is 0.135 e. The van der Waals surface area contributed by atoms with Gasteiger partial charge in [-0.25, -0.2) is 4.98 Å². The van der Waals surface area contributed by atoms with Gasteiger partial charge in [-0.1, -0.05) is 143 Å². The van der Waals surface area contributed by atoms with Crippen LogP contribution in [-0.4, -0.2) is 9.55 Å². The molecule has 13 rings (SSSR count). The van der Waals surface area contributed by atoms with E-state index in [1.807, 2.05) is 35.7 Å². The zero-order valence-corrected chi connectivity index (χ0v) is 41.3. The predicted molar refractivity (Wildman–Crippen MR) is 279 cm³/mol. The Bertz CT molecular complexity index is 3820. The van der Waals surface area contributed by atoms with Crippen molar-refractivity contribution in [3.05, 3.63) is 212 Å². The number of aromatic nitrogens is 2. The Kier molecular flexibility index (Phi) is 9.85. The van der Waals surface area contributed by atoms with E-state index in [2.05, 4.69) is 219 Å². The van der Waals surface area contributed by atoms with Crippen molar-refractivity contribution in [1.29, 1.82) is 0 Å². The standard InChI is InChI=1S/C61H45N4OS.Pt/c1-60(2,3)38-32-33-62-56(34-38)65-51-24-10-7-18-42(51)43-29-28-41(36-54(43)65)66-40-17-14-16-39(35-40)63-37-64(53-26-12-11-25-52(53)63)58-45(30-31-50-57(58)48-20-6-9-23-49(48)61(50,4)5)47-22-15-21-46-44-19-8-13-27-55(44)67-59(46)47;/h6-34,37H,1-5H3;/q-3;. The number of fused-ring (bicyclic) bond motifs is 10. The summed E-state index contributed by atoms with van der Waals surface area (Å²) in [5.74, 6) is 2.06. The van der Waals surface area contributed by atoms with Crippen LogP contribution in [0.5, 0.6) is 11.5 Å². The molecule has 0 saturated heterocycles. The van der Waals surface area contributed by atoms with Gasteiger partial charge in [-0.2, -0.15) is 12.1 Å². The average Bonchev–Trinajstić information content (AvgIpc) is 4.08. The number of benzene rings is 8. The molecule has 1 aliphatic heterocycles. The Morgan fingerprint density at radius 3 is 2.16 bits per heavy atom. The SMILES string of the molecule is CC(C)(C)c1ccnc(-n2c3[c-]c(Oc4[c-]c(N5[CH-]N(c6c(-c7cccc8c7sc7ccccc78)ccc7c6-c6ccccc6C7(C)C)c6ccccc65)ccc4)ccc3c3ccccc32)c1.[Pt]. The molecule has 1 aliphatic carbocycles. The van der Waals surface area contributed by atoms with E-state index in [0.29, 0.717) is 11.5 Å². The molecule has 0 atom stereocenters. The molecule has 0 amide bonds. The summed E-state index contributed by atoms with van der Waals surface area (Å²) < 4.78 is 11.5. The molecule has 3 aromatic heterocycles. The zero-order valence-electron chi connectivity index (χ0n) is 38.2. The van der Waals surface area contributed by atoms with Crippen LogP contribution in [0, 0.1) is 18.8 Å². The maximum atomic E-state index is 6.72. The fourth-order valence-corrected chi connectivity index (χ4v) is 11.8. The zero-order chi connectivity index (χ0) is 45.2. The van der Waals surface area contributed by atoms with Gasteiger partial charge in [0.25, 0.3) is 0 Å². The molecule has 4 heterocycles. The Balaban J connectivity index is 0.00000480. The van der Waals surface area contributed by atoms with E-state index in [-0.39, 0.29) is 31.9 Å². The number of thiophene rings is 1. The van der Waals surface area contributed by atoms with Crippen molar-refractivity contribution < 1.29 is 25.8 Å². The summed E-state index contributed by atoms with van der Waals surface area (Å²) in [5, 5.41) is 4.81. The second kappa shape index (κ2) is 15.8. The van der Waals surface area contributed by atoms with Gasteiger partial charge in [0.05, 0.1) is 0 Å². The van der Waals surface area contributed by atoms with Gasteiger partial charge in [-0.05, 0) is 69.5 Å². The Hall–Kier alpha value is -6.98. The predicted octanol–water partition coefficient (Wildman–Crippen LogP) is 16.6. The van der Waals surface area contributed by atoms with E-state index in [4.69, 9.17) is 9.72 Å². The number of hydrogen-bond acceptors (Lipinski definition) is 5. The number of pyridine rings is 1. The van der Waals surface area contributed by atoms with Crippen molar-refractivity contribution in [3.63, 3.8) is 0 Å². The summed E-state index contributed by atoms with van der Waals surface area (Å²) in [4.78, 5) is 9.54. The topological polar surface area (TPSA) is 33.5 Å².